The molecule has 19 heavy (non-hydrogen) atoms. The summed E-state index contributed by atoms with van der Waals surface area (Å²) in [5.41, 5.74) is 0.893. The molecule has 102 valence electrons. The van der Waals surface area contributed by atoms with E-state index in [0.29, 0.717) is 5.56 Å². The van der Waals surface area contributed by atoms with Crippen LogP contribution in [0.4, 0.5) is 10.1 Å². The number of halogens is 1. The van der Waals surface area contributed by atoms with Gasteiger partial charge in [-0.2, -0.15) is 0 Å². The lowest BCUT2D eigenvalue weighted by molar-refractivity contribution is 0.0856. The largest absolute Gasteiger partial charge is 0.347 e. The Bertz CT molecular complexity index is 511. The molecule has 4 nitrogen and oxygen atoms in total. The van der Waals surface area contributed by atoms with Crippen molar-refractivity contribution in [1.82, 2.24) is 10.6 Å². The fraction of sp³-hybridized carbons (Fsp3) is 0.500. The standard InChI is InChI=1S/C14H18FN3O/c1-2-18-12-5-4-10(15)8-11(12)13(19)17-14(18)6-3-7-16-9-14/h4-5,8,16H,2-3,6-7,9H2,1H3,(H,17,19)/t14-/m1/s1. The minimum Gasteiger partial charge on any atom is -0.347 e. The summed E-state index contributed by atoms with van der Waals surface area (Å²) in [5, 5.41) is 6.42. The fourth-order valence-corrected chi connectivity index (χ4v) is 3.20. The number of amides is 1. The third kappa shape index (κ3) is 1.89. The number of piperidine rings is 1. The second kappa shape index (κ2) is 4.49. The van der Waals surface area contributed by atoms with Crippen LogP contribution in [0.15, 0.2) is 18.2 Å². The van der Waals surface area contributed by atoms with Gasteiger partial charge in [0, 0.05) is 13.1 Å². The summed E-state index contributed by atoms with van der Waals surface area (Å²) in [4.78, 5) is 14.4. The summed E-state index contributed by atoms with van der Waals surface area (Å²) in [6.45, 7) is 4.54. The van der Waals surface area contributed by atoms with Gasteiger partial charge >= 0.3 is 0 Å². The molecule has 1 saturated heterocycles. The zero-order valence-corrected chi connectivity index (χ0v) is 11.0. The van der Waals surface area contributed by atoms with Crippen LogP contribution in [0, 0.1) is 5.82 Å². The van der Waals surface area contributed by atoms with Crippen molar-refractivity contribution in [3.63, 3.8) is 0 Å². The molecule has 2 aliphatic rings. The van der Waals surface area contributed by atoms with E-state index < -0.39 is 0 Å². The van der Waals surface area contributed by atoms with Crippen molar-refractivity contribution < 1.29 is 9.18 Å². The van der Waals surface area contributed by atoms with E-state index in [1.807, 2.05) is 0 Å². The lowest BCUT2D eigenvalue weighted by Gasteiger charge is -2.51. The van der Waals surface area contributed by atoms with Gasteiger partial charge < -0.3 is 15.5 Å². The van der Waals surface area contributed by atoms with E-state index in [0.717, 1.165) is 38.2 Å². The van der Waals surface area contributed by atoms with Crippen molar-refractivity contribution in [3.8, 4) is 0 Å². The maximum absolute atomic E-state index is 13.3. The Morgan fingerprint density at radius 3 is 3.00 bits per heavy atom. The number of carbonyl (C=O) groups excluding carboxylic acids is 1. The highest BCUT2D eigenvalue weighted by atomic mass is 19.1. The van der Waals surface area contributed by atoms with E-state index in [2.05, 4.69) is 22.5 Å². The summed E-state index contributed by atoms with van der Waals surface area (Å²) in [5.74, 6) is -0.550. The van der Waals surface area contributed by atoms with Gasteiger partial charge in [-0.3, -0.25) is 4.79 Å². The van der Waals surface area contributed by atoms with Gasteiger partial charge in [-0.05, 0) is 44.5 Å². The SMILES string of the molecule is CCN1c2ccc(F)cc2C(=O)N[C@]12CCCNC2. The number of anilines is 1. The van der Waals surface area contributed by atoms with Gasteiger partial charge in [-0.1, -0.05) is 0 Å². The van der Waals surface area contributed by atoms with E-state index in [9.17, 15) is 9.18 Å². The molecule has 0 radical (unpaired) electrons. The lowest BCUT2D eigenvalue weighted by atomic mass is 9.92. The van der Waals surface area contributed by atoms with Crippen LogP contribution in [0.5, 0.6) is 0 Å². The van der Waals surface area contributed by atoms with Crippen LogP contribution in [-0.2, 0) is 0 Å². The minimum absolute atomic E-state index is 0.178. The van der Waals surface area contributed by atoms with Crippen LogP contribution >= 0.6 is 0 Å². The van der Waals surface area contributed by atoms with Gasteiger partial charge in [-0.25, -0.2) is 4.39 Å². The van der Waals surface area contributed by atoms with Crippen LogP contribution < -0.4 is 15.5 Å². The first kappa shape index (κ1) is 12.4. The first-order valence-corrected chi connectivity index (χ1v) is 6.77. The van der Waals surface area contributed by atoms with E-state index in [1.165, 1.54) is 12.1 Å². The number of benzene rings is 1. The van der Waals surface area contributed by atoms with Gasteiger partial charge in [0.05, 0.1) is 11.3 Å². The summed E-state index contributed by atoms with van der Waals surface area (Å²) in [6.07, 6.45) is 1.93. The molecule has 3 rings (SSSR count). The number of hydrogen-bond acceptors (Lipinski definition) is 3. The molecule has 1 aromatic carbocycles. The smallest absolute Gasteiger partial charge is 0.255 e. The fourth-order valence-electron chi connectivity index (χ4n) is 3.20. The quantitative estimate of drug-likeness (QED) is 0.806. The van der Waals surface area contributed by atoms with Gasteiger partial charge in [-0.15, -0.1) is 0 Å². The van der Waals surface area contributed by atoms with Crippen molar-refractivity contribution >= 4 is 11.6 Å². The van der Waals surface area contributed by atoms with Crippen molar-refractivity contribution in [3.05, 3.63) is 29.6 Å². The summed E-state index contributed by atoms with van der Waals surface area (Å²) in [6, 6.07) is 4.45. The van der Waals surface area contributed by atoms with E-state index in [4.69, 9.17) is 0 Å². The zero-order valence-electron chi connectivity index (χ0n) is 11.0. The first-order chi connectivity index (χ1) is 9.16. The molecule has 0 aliphatic carbocycles. The molecule has 2 N–H and O–H groups in total. The number of carbonyl (C=O) groups is 1. The Morgan fingerprint density at radius 2 is 2.32 bits per heavy atom. The van der Waals surface area contributed by atoms with Crippen LogP contribution in [0.2, 0.25) is 0 Å². The van der Waals surface area contributed by atoms with Crippen LogP contribution in [0.3, 0.4) is 0 Å². The third-order valence-electron chi connectivity index (χ3n) is 4.03. The highest BCUT2D eigenvalue weighted by Crippen LogP contribution is 2.34. The molecular formula is C14H18FN3O. The Labute approximate surface area is 112 Å². The van der Waals surface area contributed by atoms with Crippen LogP contribution in [0.25, 0.3) is 0 Å². The highest BCUT2D eigenvalue weighted by Gasteiger charge is 2.43. The number of rotatable bonds is 1. The predicted molar refractivity (Wildman–Crippen MR) is 71.7 cm³/mol. The van der Waals surface area contributed by atoms with E-state index in [-0.39, 0.29) is 17.4 Å². The molecule has 0 bridgehead atoms. The number of likely N-dealkylation sites (N-methyl/N-ethyl adjacent to an activating group) is 1. The molecule has 1 aromatic rings. The third-order valence-corrected chi connectivity index (χ3v) is 4.03. The molecule has 2 aliphatic heterocycles. The van der Waals surface area contributed by atoms with Gasteiger partial charge in [0.1, 0.15) is 11.5 Å². The van der Waals surface area contributed by atoms with Gasteiger partial charge in [0.2, 0.25) is 0 Å². The van der Waals surface area contributed by atoms with E-state index >= 15 is 0 Å². The summed E-state index contributed by atoms with van der Waals surface area (Å²) < 4.78 is 13.3. The van der Waals surface area contributed by atoms with Gasteiger partial charge in [0.15, 0.2) is 0 Å². The summed E-state index contributed by atoms with van der Waals surface area (Å²) in [7, 11) is 0. The number of fused-ring (bicyclic) bond motifs is 1. The molecule has 1 atom stereocenters. The van der Waals surface area contributed by atoms with Crippen LogP contribution in [-0.4, -0.2) is 31.2 Å². The maximum atomic E-state index is 13.3. The van der Waals surface area contributed by atoms with Crippen molar-refractivity contribution in [2.45, 2.75) is 25.4 Å². The second-order valence-corrected chi connectivity index (χ2v) is 5.17. The highest BCUT2D eigenvalue weighted by molar-refractivity contribution is 6.02. The van der Waals surface area contributed by atoms with E-state index in [1.54, 1.807) is 6.07 Å². The first-order valence-electron chi connectivity index (χ1n) is 6.77. The molecule has 1 fully saturated rings. The zero-order chi connectivity index (χ0) is 13.5. The molecule has 2 heterocycles. The molecule has 1 amide bonds. The topological polar surface area (TPSA) is 44.4 Å². The molecule has 0 aromatic heterocycles. The predicted octanol–water partition coefficient (Wildman–Crippen LogP) is 1.48. The van der Waals surface area contributed by atoms with Crippen molar-refractivity contribution in [1.29, 1.82) is 0 Å². The average Bonchev–Trinajstić information content (AvgIpc) is 2.41. The Morgan fingerprint density at radius 1 is 1.47 bits per heavy atom. The number of hydrogen-bond donors (Lipinski definition) is 2. The molecule has 0 unspecified atom stereocenters. The minimum atomic E-state index is -0.373. The average molecular weight is 263 g/mol. The maximum Gasteiger partial charge on any atom is 0.255 e. The monoisotopic (exact) mass is 263 g/mol. The second-order valence-electron chi connectivity index (χ2n) is 5.17. The molecule has 1 spiro atoms. The molecule has 0 saturated carbocycles. The van der Waals surface area contributed by atoms with Crippen LogP contribution in [0.1, 0.15) is 30.1 Å². The Hall–Kier alpha value is -1.62. The Balaban J connectivity index is 2.08. The normalized spacial score (nSPS) is 26.2. The van der Waals surface area contributed by atoms with Crippen molar-refractivity contribution in [2.75, 3.05) is 24.5 Å². The molecule has 5 heteroatoms. The number of nitrogens with one attached hydrogen (secondary N) is 2. The van der Waals surface area contributed by atoms with Crippen molar-refractivity contribution in [2.24, 2.45) is 0 Å². The summed E-state index contributed by atoms with van der Waals surface area (Å²) >= 11 is 0. The number of nitrogens with zero attached hydrogens (tertiary/aromatic N) is 1. The molecular weight excluding hydrogens is 245 g/mol. The lowest BCUT2D eigenvalue weighted by Crippen LogP contribution is -2.70. The van der Waals surface area contributed by atoms with Gasteiger partial charge in [0.25, 0.3) is 5.91 Å². The Kier molecular flexibility index (Phi) is 2.93.